The van der Waals surface area contributed by atoms with Gasteiger partial charge in [-0.3, -0.25) is 14.5 Å². The smallest absolute Gasteiger partial charge is 0.251 e. The van der Waals surface area contributed by atoms with E-state index in [0.29, 0.717) is 23.9 Å². The molecule has 2 heterocycles. The summed E-state index contributed by atoms with van der Waals surface area (Å²) < 4.78 is 7.29. The van der Waals surface area contributed by atoms with E-state index in [-0.39, 0.29) is 5.91 Å². The molecule has 1 aliphatic rings. The second-order valence-corrected chi connectivity index (χ2v) is 7.03. The normalized spacial score (nSPS) is 14.2. The van der Waals surface area contributed by atoms with E-state index in [2.05, 4.69) is 15.0 Å². The first kappa shape index (κ1) is 18.2. The van der Waals surface area contributed by atoms with Crippen LogP contribution >= 0.6 is 0 Å². The number of methoxy groups -OCH3 is 1. The molecule has 6 nitrogen and oxygen atoms in total. The summed E-state index contributed by atoms with van der Waals surface area (Å²) in [5, 5.41) is 7.76. The van der Waals surface area contributed by atoms with Crippen molar-refractivity contribution in [3.05, 3.63) is 66.0 Å². The number of hydrogen-bond acceptors (Lipinski definition) is 4. The predicted octanol–water partition coefficient (Wildman–Crippen LogP) is 4.00. The Morgan fingerprint density at radius 3 is 2.79 bits per heavy atom. The average molecular weight is 376 g/mol. The quantitative estimate of drug-likeness (QED) is 0.706. The van der Waals surface area contributed by atoms with Crippen molar-refractivity contribution in [2.75, 3.05) is 7.11 Å². The molecule has 4 rings (SSSR count). The van der Waals surface area contributed by atoms with Gasteiger partial charge in [-0.15, -0.1) is 0 Å². The summed E-state index contributed by atoms with van der Waals surface area (Å²) in [6.45, 7) is 0.371. The van der Waals surface area contributed by atoms with Crippen molar-refractivity contribution in [2.24, 2.45) is 0 Å². The highest BCUT2D eigenvalue weighted by molar-refractivity contribution is 5.94. The second kappa shape index (κ2) is 8.25. The molecule has 1 fully saturated rings. The van der Waals surface area contributed by atoms with E-state index < -0.39 is 0 Å². The molecular formula is C22H24N4O2. The maximum Gasteiger partial charge on any atom is 0.251 e. The highest BCUT2D eigenvalue weighted by atomic mass is 16.5. The van der Waals surface area contributed by atoms with Crippen LogP contribution in [0.25, 0.3) is 11.4 Å². The molecule has 144 valence electrons. The Balaban J connectivity index is 1.54. The van der Waals surface area contributed by atoms with E-state index in [4.69, 9.17) is 9.84 Å². The van der Waals surface area contributed by atoms with Gasteiger partial charge in [0.15, 0.2) is 0 Å². The highest BCUT2D eigenvalue weighted by Gasteiger charge is 2.22. The van der Waals surface area contributed by atoms with Crippen molar-refractivity contribution < 1.29 is 9.53 Å². The number of pyridine rings is 1. The molecular weight excluding hydrogens is 352 g/mol. The lowest BCUT2D eigenvalue weighted by Gasteiger charge is -2.13. The van der Waals surface area contributed by atoms with Gasteiger partial charge in [-0.2, -0.15) is 5.10 Å². The van der Waals surface area contributed by atoms with E-state index in [1.165, 1.54) is 12.8 Å². The van der Waals surface area contributed by atoms with Gasteiger partial charge in [-0.05, 0) is 49.2 Å². The Kier molecular flexibility index (Phi) is 5.37. The zero-order chi connectivity index (χ0) is 19.3. The van der Waals surface area contributed by atoms with Gasteiger partial charge in [-0.1, -0.05) is 25.0 Å². The van der Waals surface area contributed by atoms with Crippen molar-refractivity contribution >= 4 is 5.91 Å². The molecule has 0 aliphatic heterocycles. The molecule has 1 aliphatic carbocycles. The van der Waals surface area contributed by atoms with Crippen molar-refractivity contribution in [3.63, 3.8) is 0 Å². The fourth-order valence-electron chi connectivity index (χ4n) is 3.70. The first-order valence-corrected chi connectivity index (χ1v) is 9.66. The molecule has 0 unspecified atom stereocenters. The molecule has 0 bridgehead atoms. The second-order valence-electron chi connectivity index (χ2n) is 7.03. The van der Waals surface area contributed by atoms with Crippen molar-refractivity contribution in [2.45, 2.75) is 38.3 Å². The fourth-order valence-corrected chi connectivity index (χ4v) is 3.70. The van der Waals surface area contributed by atoms with Crippen molar-refractivity contribution in [3.8, 4) is 17.1 Å². The van der Waals surface area contributed by atoms with Crippen LogP contribution in [0.3, 0.4) is 0 Å². The molecule has 2 aromatic heterocycles. The number of carbonyl (C=O) groups is 1. The van der Waals surface area contributed by atoms with Gasteiger partial charge < -0.3 is 10.1 Å². The number of benzene rings is 1. The Bertz CT molecular complexity index is 946. The lowest BCUT2D eigenvalue weighted by atomic mass is 10.2. The minimum atomic E-state index is -0.145. The third kappa shape index (κ3) is 3.91. The Labute approximate surface area is 164 Å². The predicted molar refractivity (Wildman–Crippen MR) is 107 cm³/mol. The van der Waals surface area contributed by atoms with Crippen LogP contribution in [0.15, 0.2) is 54.7 Å². The molecule has 1 N–H and O–H groups in total. The van der Waals surface area contributed by atoms with E-state index in [1.54, 1.807) is 25.4 Å². The topological polar surface area (TPSA) is 69.0 Å². The molecule has 3 aromatic rings. The first-order chi connectivity index (χ1) is 13.7. The highest BCUT2D eigenvalue weighted by Crippen LogP contribution is 2.33. The number of rotatable bonds is 6. The zero-order valence-corrected chi connectivity index (χ0v) is 16.0. The van der Waals surface area contributed by atoms with E-state index in [9.17, 15) is 4.79 Å². The van der Waals surface area contributed by atoms with Crippen LogP contribution in [-0.4, -0.2) is 27.8 Å². The van der Waals surface area contributed by atoms with Gasteiger partial charge in [-0.25, -0.2) is 0 Å². The lowest BCUT2D eigenvalue weighted by Crippen LogP contribution is -2.23. The standard InChI is InChI=1S/C22H24N4O2/c1-28-19-10-6-7-16(13-19)22(27)24-15-17-14-21(20-11-4-5-12-23-20)26(25-17)18-8-2-3-9-18/h4-7,10-14,18H,2-3,8-9,15H2,1H3,(H,24,27). The number of aromatic nitrogens is 3. The summed E-state index contributed by atoms with van der Waals surface area (Å²) in [7, 11) is 1.59. The maximum absolute atomic E-state index is 12.5. The first-order valence-electron chi connectivity index (χ1n) is 9.66. The zero-order valence-electron chi connectivity index (χ0n) is 16.0. The summed E-state index contributed by atoms with van der Waals surface area (Å²) in [4.78, 5) is 17.0. The minimum Gasteiger partial charge on any atom is -0.497 e. The van der Waals surface area contributed by atoms with Gasteiger partial charge in [0.1, 0.15) is 5.75 Å². The molecule has 6 heteroatoms. The summed E-state index contributed by atoms with van der Waals surface area (Å²) in [6, 6.07) is 15.5. The summed E-state index contributed by atoms with van der Waals surface area (Å²) in [6.07, 6.45) is 6.53. The Hall–Kier alpha value is -3.15. The minimum absolute atomic E-state index is 0.145. The van der Waals surface area contributed by atoms with Gasteiger partial charge in [0.25, 0.3) is 5.91 Å². The van der Waals surface area contributed by atoms with Crippen LogP contribution in [0.4, 0.5) is 0 Å². The summed E-state index contributed by atoms with van der Waals surface area (Å²) in [5.74, 6) is 0.518. The van der Waals surface area contributed by atoms with E-state index in [0.717, 1.165) is 29.9 Å². The molecule has 1 amide bonds. The molecule has 1 saturated carbocycles. The Morgan fingerprint density at radius 1 is 1.18 bits per heavy atom. The average Bonchev–Trinajstić information content (AvgIpc) is 3.42. The number of nitrogens with zero attached hydrogens (tertiary/aromatic N) is 3. The largest absolute Gasteiger partial charge is 0.497 e. The molecule has 0 atom stereocenters. The van der Waals surface area contributed by atoms with Crippen LogP contribution in [0.2, 0.25) is 0 Å². The third-order valence-corrected chi connectivity index (χ3v) is 5.15. The number of ether oxygens (including phenoxy) is 1. The fraction of sp³-hybridized carbons (Fsp3) is 0.318. The molecule has 1 aromatic carbocycles. The molecule has 28 heavy (non-hydrogen) atoms. The third-order valence-electron chi connectivity index (χ3n) is 5.15. The van der Waals surface area contributed by atoms with Crippen LogP contribution in [0, 0.1) is 0 Å². The summed E-state index contributed by atoms with van der Waals surface area (Å²) >= 11 is 0. The van der Waals surface area contributed by atoms with Crippen LogP contribution in [-0.2, 0) is 6.54 Å². The van der Waals surface area contributed by atoms with Crippen LogP contribution < -0.4 is 10.1 Å². The number of nitrogens with one attached hydrogen (secondary N) is 1. The van der Waals surface area contributed by atoms with Crippen molar-refractivity contribution in [1.29, 1.82) is 0 Å². The van der Waals surface area contributed by atoms with Gasteiger partial charge in [0.05, 0.1) is 36.8 Å². The maximum atomic E-state index is 12.5. The summed E-state index contributed by atoms with van der Waals surface area (Å²) in [5.41, 5.74) is 3.33. The van der Waals surface area contributed by atoms with Gasteiger partial charge >= 0.3 is 0 Å². The molecule has 0 spiro atoms. The van der Waals surface area contributed by atoms with Crippen LogP contribution in [0.5, 0.6) is 5.75 Å². The molecule has 0 saturated heterocycles. The van der Waals surface area contributed by atoms with E-state index in [1.807, 2.05) is 36.4 Å². The number of amides is 1. The number of carbonyl (C=O) groups excluding carboxylic acids is 1. The van der Waals surface area contributed by atoms with Crippen molar-refractivity contribution in [1.82, 2.24) is 20.1 Å². The van der Waals surface area contributed by atoms with Crippen LogP contribution in [0.1, 0.15) is 47.8 Å². The molecule has 0 radical (unpaired) electrons. The monoisotopic (exact) mass is 376 g/mol. The van der Waals surface area contributed by atoms with Gasteiger partial charge in [0.2, 0.25) is 0 Å². The number of hydrogen-bond donors (Lipinski definition) is 1. The SMILES string of the molecule is COc1cccc(C(=O)NCc2cc(-c3ccccn3)n(C3CCCC3)n2)c1. The van der Waals surface area contributed by atoms with Gasteiger partial charge in [0, 0.05) is 11.8 Å². The lowest BCUT2D eigenvalue weighted by molar-refractivity contribution is 0.0950. The van der Waals surface area contributed by atoms with E-state index >= 15 is 0 Å². The Morgan fingerprint density at radius 2 is 2.04 bits per heavy atom.